The van der Waals surface area contributed by atoms with Gasteiger partial charge < -0.3 is 25.2 Å². The van der Waals surface area contributed by atoms with E-state index < -0.39 is 0 Å². The molecule has 0 saturated heterocycles. The van der Waals surface area contributed by atoms with E-state index in [1.165, 1.54) is 5.56 Å². The molecule has 8 nitrogen and oxygen atoms in total. The minimum atomic E-state index is -0.124. The number of carbonyl (C=O) groups excluding carboxylic acids is 1. The quantitative estimate of drug-likeness (QED) is 0.247. The van der Waals surface area contributed by atoms with Crippen LogP contribution in [0.4, 0.5) is 5.82 Å². The summed E-state index contributed by atoms with van der Waals surface area (Å²) >= 11 is 0. The molecule has 1 unspecified atom stereocenters. The summed E-state index contributed by atoms with van der Waals surface area (Å²) < 4.78 is 1.94. The Hall–Kier alpha value is -3.75. The predicted octanol–water partition coefficient (Wildman–Crippen LogP) is 4.24. The van der Waals surface area contributed by atoms with E-state index in [1.54, 1.807) is 6.33 Å². The van der Waals surface area contributed by atoms with Gasteiger partial charge in [0.05, 0.1) is 11.1 Å². The zero-order valence-electron chi connectivity index (χ0n) is 22.5. The Morgan fingerprint density at radius 1 is 1.08 bits per heavy atom. The van der Waals surface area contributed by atoms with E-state index in [4.69, 9.17) is 0 Å². The normalized spacial score (nSPS) is 12.1. The van der Waals surface area contributed by atoms with Gasteiger partial charge in [-0.25, -0.2) is 9.97 Å². The minimum Gasteiger partial charge on any atom is -0.396 e. The fraction of sp³-hybridized carbons (Fsp3) is 0.367. The molecule has 1 amide bonds. The number of anilines is 1. The van der Waals surface area contributed by atoms with Gasteiger partial charge in [0.25, 0.3) is 5.91 Å². The number of nitrogens with zero attached hydrogens (tertiary/aromatic N) is 4. The Labute approximate surface area is 224 Å². The van der Waals surface area contributed by atoms with Crippen LogP contribution in [0.1, 0.15) is 48.2 Å². The molecule has 2 heterocycles. The lowest BCUT2D eigenvalue weighted by molar-refractivity contribution is 0.0948. The SMILES string of the molecule is CCN(CC)CCNC(=O)c1cn(-c2ccc3ncnc(NCC(C)c4ccccc4)c3c2)cc1CCO. The summed E-state index contributed by atoms with van der Waals surface area (Å²) in [6.07, 6.45) is 5.75. The van der Waals surface area contributed by atoms with E-state index >= 15 is 0 Å². The second-order valence-corrected chi connectivity index (χ2v) is 9.48. The van der Waals surface area contributed by atoms with E-state index in [9.17, 15) is 9.90 Å². The number of rotatable bonds is 13. The van der Waals surface area contributed by atoms with Crippen molar-refractivity contribution in [1.82, 2.24) is 24.8 Å². The summed E-state index contributed by atoms with van der Waals surface area (Å²) in [6.45, 7) is 10.4. The number of fused-ring (bicyclic) bond motifs is 1. The molecule has 0 radical (unpaired) electrons. The van der Waals surface area contributed by atoms with E-state index in [0.717, 1.165) is 54.2 Å². The number of aromatic nitrogens is 3. The van der Waals surface area contributed by atoms with Crippen molar-refractivity contribution in [3.8, 4) is 5.69 Å². The van der Waals surface area contributed by atoms with Gasteiger partial charge in [-0.2, -0.15) is 0 Å². The lowest BCUT2D eigenvalue weighted by Gasteiger charge is -2.17. The summed E-state index contributed by atoms with van der Waals surface area (Å²) in [5.74, 6) is 0.968. The second-order valence-electron chi connectivity index (χ2n) is 9.48. The third-order valence-electron chi connectivity index (χ3n) is 7.00. The van der Waals surface area contributed by atoms with Gasteiger partial charge in [0, 0.05) is 49.7 Å². The van der Waals surface area contributed by atoms with Crippen molar-refractivity contribution in [2.45, 2.75) is 33.1 Å². The number of hydrogen-bond acceptors (Lipinski definition) is 6. The Morgan fingerprint density at radius 3 is 2.61 bits per heavy atom. The minimum absolute atomic E-state index is 0.0248. The van der Waals surface area contributed by atoms with Crippen LogP contribution in [0.2, 0.25) is 0 Å². The Morgan fingerprint density at radius 2 is 1.87 bits per heavy atom. The highest BCUT2D eigenvalue weighted by Gasteiger charge is 2.16. The summed E-state index contributed by atoms with van der Waals surface area (Å²) in [7, 11) is 0. The van der Waals surface area contributed by atoms with Crippen molar-refractivity contribution in [1.29, 1.82) is 0 Å². The zero-order chi connectivity index (χ0) is 26.9. The van der Waals surface area contributed by atoms with Crippen LogP contribution in [0, 0.1) is 0 Å². The fourth-order valence-electron chi connectivity index (χ4n) is 4.63. The Kier molecular flexibility index (Phi) is 9.46. The van der Waals surface area contributed by atoms with E-state index in [2.05, 4.69) is 70.5 Å². The highest BCUT2D eigenvalue weighted by atomic mass is 16.3. The molecule has 3 N–H and O–H groups in total. The van der Waals surface area contributed by atoms with Crippen LogP contribution in [-0.4, -0.2) is 69.8 Å². The fourth-order valence-corrected chi connectivity index (χ4v) is 4.63. The number of likely N-dealkylation sites (N-methyl/N-ethyl adjacent to an activating group) is 1. The van der Waals surface area contributed by atoms with Gasteiger partial charge in [-0.05, 0) is 54.8 Å². The van der Waals surface area contributed by atoms with Crippen LogP contribution >= 0.6 is 0 Å². The number of amides is 1. The maximum absolute atomic E-state index is 13.0. The predicted molar refractivity (Wildman–Crippen MR) is 153 cm³/mol. The second kappa shape index (κ2) is 13.2. The van der Waals surface area contributed by atoms with Gasteiger partial charge in [0.15, 0.2) is 0 Å². The molecule has 0 aliphatic carbocycles. The first kappa shape index (κ1) is 27.3. The molecule has 1 atom stereocenters. The summed E-state index contributed by atoms with van der Waals surface area (Å²) in [4.78, 5) is 24.2. The Balaban J connectivity index is 1.55. The van der Waals surface area contributed by atoms with Crippen molar-refractivity contribution >= 4 is 22.6 Å². The molecule has 0 fully saturated rings. The van der Waals surface area contributed by atoms with Gasteiger partial charge in [0.2, 0.25) is 0 Å². The summed E-state index contributed by atoms with van der Waals surface area (Å²) in [5.41, 5.74) is 4.40. The molecular weight excluding hydrogens is 476 g/mol. The highest BCUT2D eigenvalue weighted by Crippen LogP contribution is 2.25. The van der Waals surface area contributed by atoms with E-state index in [1.807, 2.05) is 41.2 Å². The van der Waals surface area contributed by atoms with Crippen LogP contribution in [0.15, 0.2) is 67.3 Å². The van der Waals surface area contributed by atoms with Crippen LogP contribution < -0.4 is 10.6 Å². The zero-order valence-corrected chi connectivity index (χ0v) is 22.5. The lowest BCUT2D eigenvalue weighted by atomic mass is 10.0. The smallest absolute Gasteiger partial charge is 0.253 e. The maximum Gasteiger partial charge on any atom is 0.253 e. The van der Waals surface area contributed by atoms with Crippen LogP contribution in [-0.2, 0) is 6.42 Å². The number of benzene rings is 2. The number of aliphatic hydroxyl groups excluding tert-OH is 1. The highest BCUT2D eigenvalue weighted by molar-refractivity contribution is 5.96. The number of aliphatic hydroxyl groups is 1. The standard InChI is InChI=1S/C30H38N6O2/c1-4-35(5-2)15-14-31-30(38)27-20-36(19-24(27)13-16-37)25-11-12-28-26(17-25)29(34-21-33-28)32-18-22(3)23-9-7-6-8-10-23/h6-12,17,19-22,37H,4-5,13-16,18H2,1-3H3,(H,31,38)(H,32,33,34). The molecule has 0 saturated carbocycles. The van der Waals surface area contributed by atoms with Gasteiger partial charge >= 0.3 is 0 Å². The third-order valence-corrected chi connectivity index (χ3v) is 7.00. The average molecular weight is 515 g/mol. The summed E-state index contributed by atoms with van der Waals surface area (Å²) in [6, 6.07) is 16.4. The van der Waals surface area contributed by atoms with Crippen molar-refractivity contribution in [2.24, 2.45) is 0 Å². The topological polar surface area (TPSA) is 95.3 Å². The van der Waals surface area contributed by atoms with Crippen molar-refractivity contribution < 1.29 is 9.90 Å². The van der Waals surface area contributed by atoms with Gasteiger partial charge in [-0.3, -0.25) is 4.79 Å². The third kappa shape index (κ3) is 6.57. The first-order valence-corrected chi connectivity index (χ1v) is 13.4. The molecule has 0 spiro atoms. The van der Waals surface area contributed by atoms with Crippen LogP contribution in [0.5, 0.6) is 0 Å². The van der Waals surface area contributed by atoms with Crippen molar-refractivity contribution in [3.63, 3.8) is 0 Å². The number of carbonyl (C=O) groups is 1. The molecule has 0 bridgehead atoms. The van der Waals surface area contributed by atoms with E-state index in [-0.39, 0.29) is 12.5 Å². The lowest BCUT2D eigenvalue weighted by Crippen LogP contribution is -2.35. The van der Waals surface area contributed by atoms with Crippen LogP contribution in [0.3, 0.4) is 0 Å². The molecule has 0 aliphatic heterocycles. The average Bonchev–Trinajstić information content (AvgIpc) is 3.38. The first-order valence-electron chi connectivity index (χ1n) is 13.4. The Bertz CT molecular complexity index is 1330. The maximum atomic E-state index is 13.0. The van der Waals surface area contributed by atoms with Crippen LogP contribution in [0.25, 0.3) is 16.6 Å². The summed E-state index contributed by atoms with van der Waals surface area (Å²) in [5, 5.41) is 17.1. The molecule has 8 heteroatoms. The molecule has 0 aliphatic rings. The number of hydrogen-bond donors (Lipinski definition) is 3. The number of nitrogens with one attached hydrogen (secondary N) is 2. The monoisotopic (exact) mass is 514 g/mol. The van der Waals surface area contributed by atoms with Crippen molar-refractivity contribution in [2.75, 3.05) is 44.6 Å². The van der Waals surface area contributed by atoms with E-state index in [0.29, 0.717) is 24.4 Å². The molecule has 2 aromatic carbocycles. The largest absolute Gasteiger partial charge is 0.396 e. The molecule has 4 aromatic rings. The molecule has 4 rings (SSSR count). The van der Waals surface area contributed by atoms with Gasteiger partial charge in [-0.1, -0.05) is 51.1 Å². The first-order chi connectivity index (χ1) is 18.5. The molecular formula is C30H38N6O2. The molecule has 200 valence electrons. The molecule has 2 aromatic heterocycles. The van der Waals surface area contributed by atoms with Gasteiger partial charge in [0.1, 0.15) is 12.1 Å². The van der Waals surface area contributed by atoms with Gasteiger partial charge in [-0.15, -0.1) is 0 Å². The van der Waals surface area contributed by atoms with Crippen molar-refractivity contribution in [3.05, 3.63) is 83.9 Å². The molecule has 38 heavy (non-hydrogen) atoms.